The summed E-state index contributed by atoms with van der Waals surface area (Å²) in [5, 5.41) is 16.7. The van der Waals surface area contributed by atoms with Crippen molar-refractivity contribution >= 4 is 0 Å². The van der Waals surface area contributed by atoms with Crippen LogP contribution in [0.3, 0.4) is 0 Å². The fraction of sp³-hybridized carbons (Fsp3) is 0.400. The lowest BCUT2D eigenvalue weighted by atomic mass is 10.1. The molecule has 0 aliphatic heterocycles. The number of nitrogens with zero attached hydrogens (tertiary/aromatic N) is 2. The molecule has 2 rings (SSSR count). The molecule has 0 fully saturated rings. The van der Waals surface area contributed by atoms with Crippen molar-refractivity contribution in [3.63, 3.8) is 0 Å². The van der Waals surface area contributed by atoms with E-state index in [0.717, 1.165) is 36.5 Å². The van der Waals surface area contributed by atoms with Crippen LogP contribution in [0.15, 0.2) is 36.4 Å². The summed E-state index contributed by atoms with van der Waals surface area (Å²) in [5.74, 6) is 0. The summed E-state index contributed by atoms with van der Waals surface area (Å²) in [6.45, 7) is 3.50. The fourth-order valence-corrected chi connectivity index (χ4v) is 1.98. The van der Waals surface area contributed by atoms with Crippen molar-refractivity contribution in [2.75, 3.05) is 13.6 Å². The van der Waals surface area contributed by atoms with Crippen LogP contribution in [0.1, 0.15) is 19.0 Å². The number of aromatic amines is 1. The van der Waals surface area contributed by atoms with E-state index in [1.54, 1.807) is 0 Å². The lowest BCUT2D eigenvalue weighted by Gasteiger charge is -2.16. The van der Waals surface area contributed by atoms with Gasteiger partial charge in [-0.1, -0.05) is 30.3 Å². The Kier molecular flexibility index (Phi) is 4.71. The number of benzene rings is 1. The number of hydrogen-bond donors (Lipinski definition) is 2. The highest BCUT2D eigenvalue weighted by atomic mass is 16.3. The second-order valence-electron chi connectivity index (χ2n) is 5.02. The summed E-state index contributed by atoms with van der Waals surface area (Å²) in [6.07, 6.45) is 0.542. The van der Waals surface area contributed by atoms with Crippen molar-refractivity contribution in [2.45, 2.75) is 26.0 Å². The van der Waals surface area contributed by atoms with E-state index >= 15 is 0 Å². The van der Waals surface area contributed by atoms with Crippen LogP contribution in [0.25, 0.3) is 11.3 Å². The second-order valence-corrected chi connectivity index (χ2v) is 5.02. The summed E-state index contributed by atoms with van der Waals surface area (Å²) in [5.41, 5.74) is 3.18. The van der Waals surface area contributed by atoms with Gasteiger partial charge in [-0.3, -0.25) is 5.10 Å². The largest absolute Gasteiger partial charge is 0.393 e. The molecule has 0 bridgehead atoms. The highest BCUT2D eigenvalue weighted by molar-refractivity contribution is 5.58. The number of rotatable bonds is 6. The number of aromatic nitrogens is 2. The molecule has 2 aromatic rings. The van der Waals surface area contributed by atoms with Gasteiger partial charge in [0.25, 0.3) is 0 Å². The Morgan fingerprint density at radius 3 is 2.74 bits per heavy atom. The SMILES string of the molecule is CC(O)CCN(C)Cc1cc(-c2ccccc2)n[nH]1. The van der Waals surface area contributed by atoms with Crippen LogP contribution >= 0.6 is 0 Å². The van der Waals surface area contributed by atoms with Crippen LogP contribution in [-0.4, -0.2) is 39.9 Å². The monoisotopic (exact) mass is 259 g/mol. The molecule has 1 aromatic carbocycles. The van der Waals surface area contributed by atoms with E-state index in [1.807, 2.05) is 32.2 Å². The Bertz CT molecular complexity index is 493. The van der Waals surface area contributed by atoms with Gasteiger partial charge in [-0.05, 0) is 26.5 Å². The maximum Gasteiger partial charge on any atom is 0.0924 e. The molecule has 4 nitrogen and oxygen atoms in total. The first-order chi connectivity index (χ1) is 9.15. The lowest BCUT2D eigenvalue weighted by Crippen LogP contribution is -2.22. The van der Waals surface area contributed by atoms with Gasteiger partial charge >= 0.3 is 0 Å². The quantitative estimate of drug-likeness (QED) is 0.837. The Balaban J connectivity index is 1.94. The first kappa shape index (κ1) is 13.8. The van der Waals surface area contributed by atoms with Gasteiger partial charge < -0.3 is 10.0 Å². The maximum absolute atomic E-state index is 9.27. The summed E-state index contributed by atoms with van der Waals surface area (Å²) in [7, 11) is 2.05. The van der Waals surface area contributed by atoms with Gasteiger partial charge in [0.15, 0.2) is 0 Å². The normalized spacial score (nSPS) is 12.8. The Labute approximate surface area is 114 Å². The Morgan fingerprint density at radius 2 is 2.05 bits per heavy atom. The van der Waals surface area contributed by atoms with Crippen LogP contribution in [0.2, 0.25) is 0 Å². The zero-order chi connectivity index (χ0) is 13.7. The molecule has 4 heteroatoms. The average Bonchev–Trinajstić information content (AvgIpc) is 2.86. The van der Waals surface area contributed by atoms with E-state index in [2.05, 4.69) is 33.3 Å². The highest BCUT2D eigenvalue weighted by Gasteiger charge is 2.07. The molecule has 102 valence electrons. The van der Waals surface area contributed by atoms with Crippen molar-refractivity contribution in [3.8, 4) is 11.3 Å². The van der Waals surface area contributed by atoms with Crippen molar-refractivity contribution < 1.29 is 5.11 Å². The van der Waals surface area contributed by atoms with Gasteiger partial charge in [-0.15, -0.1) is 0 Å². The minimum absolute atomic E-state index is 0.246. The van der Waals surface area contributed by atoms with Crippen molar-refractivity contribution in [1.29, 1.82) is 0 Å². The van der Waals surface area contributed by atoms with Crippen LogP contribution in [0, 0.1) is 0 Å². The Hall–Kier alpha value is -1.65. The summed E-state index contributed by atoms with van der Waals surface area (Å²) in [6, 6.07) is 12.2. The molecule has 1 heterocycles. The molecule has 19 heavy (non-hydrogen) atoms. The number of aliphatic hydroxyl groups is 1. The van der Waals surface area contributed by atoms with Gasteiger partial charge in [0.1, 0.15) is 0 Å². The van der Waals surface area contributed by atoms with Crippen molar-refractivity contribution in [3.05, 3.63) is 42.1 Å². The molecular weight excluding hydrogens is 238 g/mol. The first-order valence-electron chi connectivity index (χ1n) is 6.61. The zero-order valence-electron chi connectivity index (χ0n) is 11.5. The summed E-state index contributed by atoms with van der Waals surface area (Å²) >= 11 is 0. The van der Waals surface area contributed by atoms with E-state index in [4.69, 9.17) is 0 Å². The van der Waals surface area contributed by atoms with Gasteiger partial charge in [-0.2, -0.15) is 5.10 Å². The predicted octanol–water partition coefficient (Wildman–Crippen LogP) is 2.28. The Morgan fingerprint density at radius 1 is 1.32 bits per heavy atom. The summed E-state index contributed by atoms with van der Waals surface area (Å²) < 4.78 is 0. The molecule has 0 aliphatic rings. The van der Waals surface area contributed by atoms with Crippen LogP contribution in [-0.2, 0) is 6.54 Å². The molecule has 2 N–H and O–H groups in total. The molecule has 1 aromatic heterocycles. The van der Waals surface area contributed by atoms with Gasteiger partial charge in [0.05, 0.1) is 11.8 Å². The molecule has 0 radical (unpaired) electrons. The minimum atomic E-state index is -0.246. The van der Waals surface area contributed by atoms with Gasteiger partial charge in [0.2, 0.25) is 0 Å². The van der Waals surface area contributed by atoms with Crippen LogP contribution in [0.5, 0.6) is 0 Å². The molecule has 0 spiro atoms. The van der Waals surface area contributed by atoms with E-state index in [0.29, 0.717) is 0 Å². The second kappa shape index (κ2) is 6.50. The standard InChI is InChI=1S/C15H21N3O/c1-12(19)8-9-18(2)11-14-10-15(17-16-14)13-6-4-3-5-7-13/h3-7,10,12,19H,8-9,11H2,1-2H3,(H,16,17). The zero-order valence-corrected chi connectivity index (χ0v) is 11.5. The van der Waals surface area contributed by atoms with Gasteiger partial charge in [0, 0.05) is 24.3 Å². The summed E-state index contributed by atoms with van der Waals surface area (Å²) in [4.78, 5) is 2.18. The topological polar surface area (TPSA) is 52.1 Å². The minimum Gasteiger partial charge on any atom is -0.393 e. The average molecular weight is 259 g/mol. The van der Waals surface area contributed by atoms with Gasteiger partial charge in [-0.25, -0.2) is 0 Å². The van der Waals surface area contributed by atoms with Crippen LogP contribution in [0.4, 0.5) is 0 Å². The predicted molar refractivity (Wildman–Crippen MR) is 76.7 cm³/mol. The smallest absolute Gasteiger partial charge is 0.0924 e. The van der Waals surface area contributed by atoms with Crippen molar-refractivity contribution in [1.82, 2.24) is 15.1 Å². The lowest BCUT2D eigenvalue weighted by molar-refractivity contribution is 0.162. The maximum atomic E-state index is 9.27. The number of aliphatic hydroxyl groups excluding tert-OH is 1. The molecule has 0 saturated heterocycles. The molecule has 1 unspecified atom stereocenters. The van der Waals surface area contributed by atoms with Crippen molar-refractivity contribution in [2.24, 2.45) is 0 Å². The molecule has 0 saturated carbocycles. The van der Waals surface area contributed by atoms with E-state index in [9.17, 15) is 5.11 Å². The third kappa shape index (κ3) is 4.19. The number of nitrogens with one attached hydrogen (secondary N) is 1. The van der Waals surface area contributed by atoms with Crippen LogP contribution < -0.4 is 0 Å². The number of H-pyrrole nitrogens is 1. The molecule has 0 amide bonds. The molecule has 1 atom stereocenters. The number of hydrogen-bond acceptors (Lipinski definition) is 3. The fourth-order valence-electron chi connectivity index (χ4n) is 1.98. The van der Waals surface area contributed by atoms with E-state index < -0.39 is 0 Å². The first-order valence-corrected chi connectivity index (χ1v) is 6.61. The van der Waals surface area contributed by atoms with E-state index in [1.165, 1.54) is 0 Å². The molecular formula is C15H21N3O. The highest BCUT2D eigenvalue weighted by Crippen LogP contribution is 2.17. The van der Waals surface area contributed by atoms with E-state index in [-0.39, 0.29) is 6.10 Å². The third-order valence-electron chi connectivity index (χ3n) is 3.07. The third-order valence-corrected chi connectivity index (χ3v) is 3.07. The molecule has 0 aliphatic carbocycles.